The van der Waals surface area contributed by atoms with Gasteiger partial charge in [-0.25, -0.2) is 0 Å². The third-order valence-corrected chi connectivity index (χ3v) is 2.27. The second kappa shape index (κ2) is 5.60. The van der Waals surface area contributed by atoms with E-state index in [0.29, 0.717) is 6.42 Å². The first-order chi connectivity index (χ1) is 6.72. The number of hydrogen-bond donors (Lipinski definition) is 1. The number of rotatable bonds is 5. The Morgan fingerprint density at radius 3 is 2.93 bits per heavy atom. The standard InChI is InChI=1S/C11H17NO2/c1-2-4-9(8-11(12)13)7-10-5-3-6-14-10/h2,8,10H,1,3-7H2,(H2,12,13). The van der Waals surface area contributed by atoms with Crippen molar-refractivity contribution < 1.29 is 9.53 Å². The monoisotopic (exact) mass is 195 g/mol. The van der Waals surface area contributed by atoms with Crippen molar-refractivity contribution in [3.05, 3.63) is 24.3 Å². The van der Waals surface area contributed by atoms with Gasteiger partial charge in [0.2, 0.25) is 5.91 Å². The number of hydrogen-bond acceptors (Lipinski definition) is 2. The lowest BCUT2D eigenvalue weighted by Gasteiger charge is -2.10. The average Bonchev–Trinajstić information content (AvgIpc) is 2.56. The highest BCUT2D eigenvalue weighted by atomic mass is 16.5. The molecule has 1 saturated heterocycles. The molecule has 0 aliphatic carbocycles. The third-order valence-electron chi connectivity index (χ3n) is 2.27. The van der Waals surface area contributed by atoms with Crippen LogP contribution in [0.3, 0.4) is 0 Å². The summed E-state index contributed by atoms with van der Waals surface area (Å²) in [5, 5.41) is 0. The lowest BCUT2D eigenvalue weighted by molar-refractivity contribution is -0.113. The zero-order valence-corrected chi connectivity index (χ0v) is 8.37. The second-order valence-electron chi connectivity index (χ2n) is 3.54. The largest absolute Gasteiger partial charge is 0.378 e. The molecule has 0 radical (unpaired) electrons. The number of amides is 1. The van der Waals surface area contributed by atoms with E-state index < -0.39 is 0 Å². The van der Waals surface area contributed by atoms with Gasteiger partial charge in [0, 0.05) is 12.7 Å². The van der Waals surface area contributed by atoms with E-state index in [0.717, 1.165) is 31.4 Å². The molecule has 78 valence electrons. The molecule has 14 heavy (non-hydrogen) atoms. The van der Waals surface area contributed by atoms with Crippen LogP contribution >= 0.6 is 0 Å². The van der Waals surface area contributed by atoms with Crippen LogP contribution in [0.1, 0.15) is 25.7 Å². The Hall–Kier alpha value is -1.09. The Morgan fingerprint density at radius 1 is 1.64 bits per heavy atom. The van der Waals surface area contributed by atoms with Crippen LogP contribution in [0, 0.1) is 0 Å². The fraction of sp³-hybridized carbons (Fsp3) is 0.545. The lowest BCUT2D eigenvalue weighted by atomic mass is 10.0. The molecule has 1 aliphatic rings. The summed E-state index contributed by atoms with van der Waals surface area (Å²) in [6.07, 6.45) is 7.24. The summed E-state index contributed by atoms with van der Waals surface area (Å²) in [4.78, 5) is 10.7. The minimum atomic E-state index is -0.389. The molecular formula is C11H17NO2. The quantitative estimate of drug-likeness (QED) is 0.534. The van der Waals surface area contributed by atoms with E-state index >= 15 is 0 Å². The molecule has 1 fully saturated rings. The molecule has 1 heterocycles. The molecule has 0 aromatic carbocycles. The van der Waals surface area contributed by atoms with Gasteiger partial charge in [0.25, 0.3) is 0 Å². The molecule has 0 aromatic heterocycles. The topological polar surface area (TPSA) is 52.3 Å². The van der Waals surface area contributed by atoms with Crippen LogP contribution in [0.4, 0.5) is 0 Å². The van der Waals surface area contributed by atoms with Crippen molar-refractivity contribution in [1.82, 2.24) is 0 Å². The number of carbonyl (C=O) groups excluding carboxylic acids is 1. The fourth-order valence-corrected chi connectivity index (χ4v) is 1.69. The number of ether oxygens (including phenoxy) is 1. The summed E-state index contributed by atoms with van der Waals surface area (Å²) < 4.78 is 5.48. The van der Waals surface area contributed by atoms with Crippen molar-refractivity contribution in [3.63, 3.8) is 0 Å². The third kappa shape index (κ3) is 3.75. The Balaban J connectivity index is 2.49. The molecule has 1 aliphatic heterocycles. The molecule has 3 nitrogen and oxygen atoms in total. The zero-order valence-electron chi connectivity index (χ0n) is 8.37. The predicted octanol–water partition coefficient (Wildman–Crippen LogP) is 1.54. The van der Waals surface area contributed by atoms with Gasteiger partial charge in [-0.05, 0) is 25.7 Å². The number of primary amides is 1. The van der Waals surface area contributed by atoms with E-state index in [1.165, 1.54) is 6.08 Å². The molecule has 0 aromatic rings. The molecule has 3 heteroatoms. The van der Waals surface area contributed by atoms with Crippen molar-refractivity contribution in [2.45, 2.75) is 31.8 Å². The van der Waals surface area contributed by atoms with Crippen molar-refractivity contribution in [1.29, 1.82) is 0 Å². The molecular weight excluding hydrogens is 178 g/mol. The fourth-order valence-electron chi connectivity index (χ4n) is 1.69. The highest BCUT2D eigenvalue weighted by molar-refractivity contribution is 5.86. The number of allylic oxidation sites excluding steroid dienone is 1. The summed E-state index contributed by atoms with van der Waals surface area (Å²) in [6, 6.07) is 0. The van der Waals surface area contributed by atoms with E-state index in [1.54, 1.807) is 6.08 Å². The zero-order chi connectivity index (χ0) is 10.4. The van der Waals surface area contributed by atoms with Crippen LogP contribution in [0.15, 0.2) is 24.3 Å². The van der Waals surface area contributed by atoms with Crippen LogP contribution in [0.5, 0.6) is 0 Å². The Morgan fingerprint density at radius 2 is 2.43 bits per heavy atom. The van der Waals surface area contributed by atoms with Crippen molar-refractivity contribution >= 4 is 5.91 Å². The summed E-state index contributed by atoms with van der Waals surface area (Å²) in [5.74, 6) is -0.389. The minimum absolute atomic E-state index is 0.264. The maximum absolute atomic E-state index is 10.7. The summed E-state index contributed by atoms with van der Waals surface area (Å²) in [7, 11) is 0. The van der Waals surface area contributed by atoms with E-state index in [1.807, 2.05) is 0 Å². The Bertz CT molecular complexity index is 240. The van der Waals surface area contributed by atoms with Gasteiger partial charge in [-0.15, -0.1) is 6.58 Å². The normalized spacial score (nSPS) is 22.3. The predicted molar refractivity (Wildman–Crippen MR) is 55.7 cm³/mol. The van der Waals surface area contributed by atoms with Gasteiger partial charge in [0.15, 0.2) is 0 Å². The minimum Gasteiger partial charge on any atom is -0.378 e. The molecule has 1 amide bonds. The molecule has 1 unspecified atom stereocenters. The highest BCUT2D eigenvalue weighted by Gasteiger charge is 2.16. The maximum Gasteiger partial charge on any atom is 0.241 e. The van der Waals surface area contributed by atoms with Gasteiger partial charge >= 0.3 is 0 Å². The molecule has 1 rings (SSSR count). The highest BCUT2D eigenvalue weighted by Crippen LogP contribution is 2.21. The Kier molecular flexibility index (Phi) is 4.40. The van der Waals surface area contributed by atoms with E-state index in [2.05, 4.69) is 6.58 Å². The van der Waals surface area contributed by atoms with E-state index in [9.17, 15) is 4.79 Å². The van der Waals surface area contributed by atoms with Crippen LogP contribution < -0.4 is 5.73 Å². The summed E-state index contributed by atoms with van der Waals surface area (Å²) in [5.41, 5.74) is 6.12. The van der Waals surface area contributed by atoms with Gasteiger partial charge in [-0.1, -0.05) is 11.6 Å². The maximum atomic E-state index is 10.7. The van der Waals surface area contributed by atoms with Crippen molar-refractivity contribution in [2.75, 3.05) is 6.61 Å². The van der Waals surface area contributed by atoms with Crippen molar-refractivity contribution in [3.8, 4) is 0 Å². The molecule has 0 spiro atoms. The Labute approximate surface area is 84.6 Å². The first kappa shape index (κ1) is 11.0. The van der Waals surface area contributed by atoms with Crippen LogP contribution in [-0.4, -0.2) is 18.6 Å². The molecule has 2 N–H and O–H groups in total. The van der Waals surface area contributed by atoms with Crippen molar-refractivity contribution in [2.24, 2.45) is 5.73 Å². The molecule has 1 atom stereocenters. The number of carbonyl (C=O) groups is 1. The lowest BCUT2D eigenvalue weighted by Crippen LogP contribution is -2.11. The first-order valence-corrected chi connectivity index (χ1v) is 4.93. The summed E-state index contributed by atoms with van der Waals surface area (Å²) in [6.45, 7) is 4.48. The average molecular weight is 195 g/mol. The van der Waals surface area contributed by atoms with Crippen LogP contribution in [-0.2, 0) is 9.53 Å². The van der Waals surface area contributed by atoms with Gasteiger partial charge in [0.1, 0.15) is 0 Å². The van der Waals surface area contributed by atoms with E-state index in [4.69, 9.17) is 10.5 Å². The SMILES string of the molecule is C=CCC(=CC(N)=O)CC1CCCO1. The van der Waals surface area contributed by atoms with Gasteiger partial charge in [0.05, 0.1) is 6.10 Å². The van der Waals surface area contributed by atoms with Gasteiger partial charge in [-0.3, -0.25) is 4.79 Å². The molecule has 0 bridgehead atoms. The number of nitrogens with two attached hydrogens (primary N) is 1. The van der Waals surface area contributed by atoms with E-state index in [-0.39, 0.29) is 12.0 Å². The smallest absolute Gasteiger partial charge is 0.241 e. The van der Waals surface area contributed by atoms with Gasteiger partial charge in [-0.2, -0.15) is 0 Å². The van der Waals surface area contributed by atoms with Gasteiger partial charge < -0.3 is 10.5 Å². The van der Waals surface area contributed by atoms with Crippen LogP contribution in [0.25, 0.3) is 0 Å². The summed E-state index contributed by atoms with van der Waals surface area (Å²) >= 11 is 0. The van der Waals surface area contributed by atoms with Crippen LogP contribution in [0.2, 0.25) is 0 Å². The first-order valence-electron chi connectivity index (χ1n) is 4.93. The second-order valence-corrected chi connectivity index (χ2v) is 3.54. The molecule has 0 saturated carbocycles.